The molecule has 1 aliphatic heterocycles. The first kappa shape index (κ1) is 12.2. The maximum absolute atomic E-state index is 12.6. The maximum atomic E-state index is 12.6. The molecule has 2 bridgehead atoms. The zero-order valence-corrected chi connectivity index (χ0v) is 12.8. The van der Waals surface area contributed by atoms with Crippen LogP contribution in [-0.2, 0) is 11.8 Å². The number of likely N-dealkylation sites (tertiary alicyclic amines) is 1. The van der Waals surface area contributed by atoms with Gasteiger partial charge in [0.1, 0.15) is 5.75 Å². The molecule has 1 heterocycles. The van der Waals surface area contributed by atoms with Gasteiger partial charge in [0.25, 0.3) is 0 Å². The summed E-state index contributed by atoms with van der Waals surface area (Å²) in [6, 6.07) is 4.53. The minimum absolute atomic E-state index is 0.0709. The van der Waals surface area contributed by atoms with Crippen molar-refractivity contribution in [1.82, 2.24) is 4.90 Å². The summed E-state index contributed by atoms with van der Waals surface area (Å²) in [5.41, 5.74) is 1.70. The highest BCUT2D eigenvalue weighted by Gasteiger charge is 2.53. The minimum atomic E-state index is -4.71. The molecule has 2 aliphatic carbocycles. The van der Waals surface area contributed by atoms with Crippen molar-refractivity contribution in [2.45, 2.75) is 56.3 Å². The second-order valence-corrected chi connectivity index (χ2v) is 7.09. The van der Waals surface area contributed by atoms with Crippen molar-refractivity contribution in [3.05, 3.63) is 29.3 Å². The van der Waals surface area contributed by atoms with Crippen LogP contribution in [0.4, 0.5) is 13.2 Å². The summed E-state index contributed by atoms with van der Waals surface area (Å²) in [5.74, 6) is 0.00529. The number of nitrogens with zero attached hydrogens (tertiary/aromatic N) is 1. The lowest BCUT2D eigenvalue weighted by molar-refractivity contribution is -0.274. The lowest BCUT2D eigenvalue weighted by Gasteiger charge is -2.58. The van der Waals surface area contributed by atoms with Crippen molar-refractivity contribution < 1.29 is 22.0 Å². The van der Waals surface area contributed by atoms with Gasteiger partial charge >= 0.3 is 6.36 Å². The largest absolute Gasteiger partial charge is 0.573 e. The Labute approximate surface area is 138 Å². The van der Waals surface area contributed by atoms with Gasteiger partial charge in [-0.1, -0.05) is 18.9 Å². The van der Waals surface area contributed by atoms with E-state index >= 15 is 0 Å². The highest BCUT2D eigenvalue weighted by atomic mass is 19.4. The van der Waals surface area contributed by atoms with Crippen molar-refractivity contribution in [2.75, 3.05) is 13.5 Å². The quantitative estimate of drug-likeness (QED) is 0.763. The molecule has 2 nitrogen and oxygen atoms in total. The van der Waals surface area contributed by atoms with Gasteiger partial charge in [0.15, 0.2) is 0 Å². The summed E-state index contributed by atoms with van der Waals surface area (Å²) in [4.78, 5) is 1.64. The van der Waals surface area contributed by atoms with Gasteiger partial charge in [0.2, 0.25) is 0 Å². The average molecular weight is 328 g/mol. The Morgan fingerprint density at radius 3 is 2.96 bits per heavy atom. The predicted octanol–water partition coefficient (Wildman–Crippen LogP) is 4.27. The summed E-state index contributed by atoms with van der Waals surface area (Å²) < 4.78 is 65.8. The molecular weight excluding hydrogens is 303 g/mol. The van der Waals surface area contributed by atoms with Crippen molar-refractivity contribution in [2.24, 2.45) is 5.92 Å². The van der Waals surface area contributed by atoms with Crippen LogP contribution in [0.15, 0.2) is 18.2 Å². The Kier molecular flexibility index (Phi) is 2.72. The molecule has 1 aromatic carbocycles. The van der Waals surface area contributed by atoms with E-state index in [2.05, 4.69) is 4.74 Å². The summed E-state index contributed by atoms with van der Waals surface area (Å²) in [6.45, 7) is -1.67. The lowest BCUT2D eigenvalue weighted by Crippen LogP contribution is -2.59. The average Bonchev–Trinajstić information content (AvgIpc) is 2.53. The highest BCUT2D eigenvalue weighted by molar-refractivity contribution is 5.45. The number of hydrogen-bond acceptors (Lipinski definition) is 2. The number of hydrogen-bond donors (Lipinski definition) is 0. The van der Waals surface area contributed by atoms with Crippen LogP contribution in [0.25, 0.3) is 0 Å². The first-order chi connectivity index (χ1) is 12.1. The van der Waals surface area contributed by atoms with Crippen LogP contribution in [0.2, 0.25) is 0 Å². The van der Waals surface area contributed by atoms with E-state index in [0.717, 1.165) is 36.8 Å². The Morgan fingerprint density at radius 2 is 2.17 bits per heavy atom. The number of benzene rings is 1. The molecule has 1 aromatic rings. The second-order valence-electron chi connectivity index (χ2n) is 7.09. The molecule has 1 saturated heterocycles. The monoisotopic (exact) mass is 328 g/mol. The van der Waals surface area contributed by atoms with Crippen LogP contribution in [0.3, 0.4) is 0 Å². The topological polar surface area (TPSA) is 12.5 Å². The normalized spacial score (nSPS) is 36.2. The summed E-state index contributed by atoms with van der Waals surface area (Å²) in [7, 11) is 0. The molecule has 3 atom stereocenters. The molecule has 2 fully saturated rings. The van der Waals surface area contributed by atoms with Crippen molar-refractivity contribution >= 4 is 0 Å². The van der Waals surface area contributed by atoms with Crippen LogP contribution >= 0.6 is 0 Å². The summed E-state index contributed by atoms with van der Waals surface area (Å²) in [5, 5.41) is 0. The zero-order chi connectivity index (χ0) is 18.7. The van der Waals surface area contributed by atoms with Crippen LogP contribution in [0.5, 0.6) is 5.75 Å². The fourth-order valence-corrected chi connectivity index (χ4v) is 5.18. The zero-order valence-electron chi connectivity index (χ0n) is 15.8. The molecule has 3 aliphatic rings. The number of halogens is 3. The van der Waals surface area contributed by atoms with E-state index in [-0.39, 0.29) is 23.1 Å². The third-order valence-electron chi connectivity index (χ3n) is 6.04. The molecule has 126 valence electrons. The molecule has 0 spiro atoms. The SMILES string of the molecule is [2H]C([2H])([2H])N1CC[C@@]23CCCC[C@H]2C1Cc1ccc(OC(F)(F)F)cc13. The van der Waals surface area contributed by atoms with Gasteiger partial charge in [0, 0.05) is 15.6 Å². The van der Waals surface area contributed by atoms with E-state index in [1.165, 1.54) is 6.07 Å². The van der Waals surface area contributed by atoms with Crippen LogP contribution in [0, 0.1) is 5.92 Å². The first-order valence-electron chi connectivity index (χ1n) is 9.76. The third-order valence-corrected chi connectivity index (χ3v) is 6.04. The Bertz CT molecular complexity index is 706. The number of fused-ring (bicyclic) bond motifs is 1. The van der Waals surface area contributed by atoms with Crippen LogP contribution in [0.1, 0.15) is 47.3 Å². The van der Waals surface area contributed by atoms with Crippen molar-refractivity contribution in [3.63, 3.8) is 0 Å². The molecular formula is C18H22F3NO. The number of ether oxygens (including phenoxy) is 1. The molecule has 0 aromatic heterocycles. The Morgan fingerprint density at radius 1 is 1.30 bits per heavy atom. The van der Waals surface area contributed by atoms with E-state index in [9.17, 15) is 13.2 Å². The summed E-state index contributed by atoms with van der Waals surface area (Å²) in [6.07, 6.45) is 0.459. The van der Waals surface area contributed by atoms with E-state index in [0.29, 0.717) is 19.4 Å². The predicted molar refractivity (Wildman–Crippen MR) is 81.5 cm³/mol. The Balaban J connectivity index is 1.78. The maximum Gasteiger partial charge on any atom is 0.573 e. The summed E-state index contributed by atoms with van der Waals surface area (Å²) >= 11 is 0. The fourth-order valence-electron chi connectivity index (χ4n) is 5.18. The van der Waals surface area contributed by atoms with E-state index < -0.39 is 13.3 Å². The molecule has 23 heavy (non-hydrogen) atoms. The lowest BCUT2D eigenvalue weighted by atomic mass is 9.52. The molecule has 4 rings (SSSR count). The minimum Gasteiger partial charge on any atom is -0.406 e. The number of piperidine rings is 1. The second kappa shape index (κ2) is 5.13. The van der Waals surface area contributed by atoms with Gasteiger partial charge in [-0.15, -0.1) is 13.2 Å². The van der Waals surface area contributed by atoms with E-state index in [1.807, 2.05) is 0 Å². The van der Waals surface area contributed by atoms with E-state index in [1.54, 1.807) is 17.0 Å². The third kappa shape index (κ3) is 2.44. The standard InChI is InChI=1S/C18H22F3NO/c1-22-9-8-17-7-3-2-4-14(17)16(22)10-12-5-6-13(11-15(12)17)23-18(19,20)21/h5-6,11,14,16H,2-4,7-10H2,1H3/t14-,16?,17-/m0/s1/i1D3. The molecule has 1 saturated carbocycles. The van der Waals surface area contributed by atoms with Crippen LogP contribution < -0.4 is 4.74 Å². The molecule has 0 radical (unpaired) electrons. The molecule has 5 heteroatoms. The number of alkyl halides is 3. The van der Waals surface area contributed by atoms with Gasteiger partial charge < -0.3 is 9.64 Å². The molecule has 0 N–H and O–H groups in total. The van der Waals surface area contributed by atoms with Gasteiger partial charge in [-0.25, -0.2) is 0 Å². The number of likely N-dealkylation sites (N-methyl/N-ethyl adjacent to an activating group) is 1. The smallest absolute Gasteiger partial charge is 0.406 e. The van der Waals surface area contributed by atoms with Gasteiger partial charge in [-0.2, -0.15) is 0 Å². The highest BCUT2D eigenvalue weighted by Crippen LogP contribution is 2.56. The molecule has 1 unspecified atom stereocenters. The van der Waals surface area contributed by atoms with E-state index in [4.69, 9.17) is 4.11 Å². The Hall–Kier alpha value is -1.23. The van der Waals surface area contributed by atoms with Crippen molar-refractivity contribution in [3.8, 4) is 5.75 Å². The molecule has 0 amide bonds. The van der Waals surface area contributed by atoms with Gasteiger partial charge in [0.05, 0.1) is 0 Å². The number of rotatable bonds is 1. The van der Waals surface area contributed by atoms with Gasteiger partial charge in [-0.3, -0.25) is 0 Å². The fraction of sp³-hybridized carbons (Fsp3) is 0.667. The van der Waals surface area contributed by atoms with Gasteiger partial charge in [-0.05, 0) is 68.4 Å². The van der Waals surface area contributed by atoms with Crippen LogP contribution in [-0.4, -0.2) is 30.8 Å². The first-order valence-corrected chi connectivity index (χ1v) is 8.26. The van der Waals surface area contributed by atoms with Crippen molar-refractivity contribution in [1.29, 1.82) is 0 Å².